The molecule has 2 N–H and O–H groups in total. The molecule has 1 aliphatic heterocycles. The quantitative estimate of drug-likeness (QED) is 0.815. The van der Waals surface area contributed by atoms with E-state index >= 15 is 0 Å². The number of piperazine rings is 1. The first-order chi connectivity index (χ1) is 10.0. The van der Waals surface area contributed by atoms with Crippen LogP contribution in [0.15, 0.2) is 24.3 Å². The van der Waals surface area contributed by atoms with Crippen molar-refractivity contribution in [3.8, 4) is 0 Å². The van der Waals surface area contributed by atoms with E-state index in [1.165, 1.54) is 17.7 Å². The lowest BCUT2D eigenvalue weighted by Crippen LogP contribution is -2.49. The number of anilines is 1. The van der Waals surface area contributed by atoms with Crippen LogP contribution in [0.4, 0.5) is 5.69 Å². The highest BCUT2D eigenvalue weighted by Crippen LogP contribution is 2.17. The first-order valence-electron chi connectivity index (χ1n) is 8.06. The average molecular weight is 290 g/mol. The Morgan fingerprint density at radius 1 is 1.10 bits per heavy atom. The highest BCUT2D eigenvalue weighted by molar-refractivity contribution is 5.48. The van der Waals surface area contributed by atoms with E-state index in [1.807, 2.05) is 5.01 Å². The molecule has 0 spiro atoms. The molecule has 0 bridgehead atoms. The van der Waals surface area contributed by atoms with Crippen LogP contribution in [0.1, 0.15) is 25.8 Å². The third-order valence-electron chi connectivity index (χ3n) is 4.16. The summed E-state index contributed by atoms with van der Waals surface area (Å²) < 4.78 is 0. The zero-order chi connectivity index (χ0) is 15.2. The molecule has 2 rings (SSSR count). The Morgan fingerprint density at radius 3 is 2.29 bits per heavy atom. The summed E-state index contributed by atoms with van der Waals surface area (Å²) in [5, 5.41) is 1.90. The zero-order valence-electron chi connectivity index (χ0n) is 13.8. The van der Waals surface area contributed by atoms with Crippen LogP contribution in [0.3, 0.4) is 0 Å². The SMILES string of the molecule is CC(C)CCN(C)Cc1ccc(N2CCN(N)CC2)cc1. The maximum absolute atomic E-state index is 5.80. The molecule has 1 heterocycles. The van der Waals surface area contributed by atoms with E-state index in [-0.39, 0.29) is 0 Å². The van der Waals surface area contributed by atoms with Crippen molar-refractivity contribution in [2.45, 2.75) is 26.8 Å². The van der Waals surface area contributed by atoms with E-state index in [9.17, 15) is 0 Å². The maximum Gasteiger partial charge on any atom is 0.0367 e. The number of nitrogens with two attached hydrogens (primary N) is 1. The fraction of sp³-hybridized carbons (Fsp3) is 0.647. The summed E-state index contributed by atoms with van der Waals surface area (Å²) in [4.78, 5) is 4.82. The molecule has 118 valence electrons. The minimum Gasteiger partial charge on any atom is -0.369 e. The number of hydrogen-bond acceptors (Lipinski definition) is 4. The summed E-state index contributed by atoms with van der Waals surface area (Å²) >= 11 is 0. The molecule has 1 saturated heterocycles. The first-order valence-corrected chi connectivity index (χ1v) is 8.06. The van der Waals surface area contributed by atoms with E-state index in [4.69, 9.17) is 5.84 Å². The van der Waals surface area contributed by atoms with Gasteiger partial charge < -0.3 is 9.80 Å². The Morgan fingerprint density at radius 2 is 1.71 bits per heavy atom. The largest absolute Gasteiger partial charge is 0.369 e. The summed E-state index contributed by atoms with van der Waals surface area (Å²) in [6.45, 7) is 10.7. The van der Waals surface area contributed by atoms with Crippen LogP contribution in [-0.4, -0.2) is 49.7 Å². The van der Waals surface area contributed by atoms with Crippen LogP contribution < -0.4 is 10.7 Å². The van der Waals surface area contributed by atoms with Gasteiger partial charge in [0.05, 0.1) is 0 Å². The third kappa shape index (κ3) is 5.30. The Hall–Kier alpha value is -1.10. The van der Waals surface area contributed by atoms with Crippen molar-refractivity contribution < 1.29 is 0 Å². The van der Waals surface area contributed by atoms with Crippen LogP contribution in [0.5, 0.6) is 0 Å². The number of nitrogens with zero attached hydrogens (tertiary/aromatic N) is 3. The fourth-order valence-corrected chi connectivity index (χ4v) is 2.66. The van der Waals surface area contributed by atoms with Gasteiger partial charge in [-0.2, -0.15) is 0 Å². The van der Waals surface area contributed by atoms with Gasteiger partial charge in [0.1, 0.15) is 0 Å². The Balaban J connectivity index is 1.84. The lowest BCUT2D eigenvalue weighted by Gasteiger charge is -2.33. The second-order valence-electron chi connectivity index (χ2n) is 6.61. The number of benzene rings is 1. The molecule has 0 aliphatic carbocycles. The molecular weight excluding hydrogens is 260 g/mol. The van der Waals surface area contributed by atoms with Gasteiger partial charge in [-0.05, 0) is 43.6 Å². The lowest BCUT2D eigenvalue weighted by atomic mass is 10.1. The van der Waals surface area contributed by atoms with Gasteiger partial charge in [0.15, 0.2) is 0 Å². The Bertz CT molecular complexity index is 407. The van der Waals surface area contributed by atoms with Crippen molar-refractivity contribution in [2.24, 2.45) is 11.8 Å². The van der Waals surface area contributed by atoms with Crippen molar-refractivity contribution in [2.75, 3.05) is 44.7 Å². The van der Waals surface area contributed by atoms with Crippen molar-refractivity contribution in [1.29, 1.82) is 0 Å². The summed E-state index contributed by atoms with van der Waals surface area (Å²) in [7, 11) is 2.21. The molecular formula is C17H30N4. The van der Waals surface area contributed by atoms with Gasteiger partial charge in [-0.3, -0.25) is 5.84 Å². The number of hydrazine groups is 1. The molecule has 0 amide bonds. The standard InChI is InChI=1S/C17H30N4/c1-15(2)8-9-19(3)14-16-4-6-17(7-5-16)20-10-12-21(18)13-11-20/h4-7,15H,8-14,18H2,1-3H3. The topological polar surface area (TPSA) is 35.7 Å². The molecule has 1 aromatic carbocycles. The second kappa shape index (κ2) is 7.78. The molecule has 0 atom stereocenters. The smallest absolute Gasteiger partial charge is 0.0367 e. The average Bonchev–Trinajstić information content (AvgIpc) is 2.47. The van der Waals surface area contributed by atoms with Crippen molar-refractivity contribution in [3.63, 3.8) is 0 Å². The van der Waals surface area contributed by atoms with Gasteiger partial charge in [0.25, 0.3) is 0 Å². The van der Waals surface area contributed by atoms with Crippen LogP contribution in [0.2, 0.25) is 0 Å². The highest BCUT2D eigenvalue weighted by Gasteiger charge is 2.14. The lowest BCUT2D eigenvalue weighted by molar-refractivity contribution is 0.266. The summed E-state index contributed by atoms with van der Waals surface area (Å²) in [5.41, 5.74) is 2.71. The van der Waals surface area contributed by atoms with Crippen LogP contribution in [0.25, 0.3) is 0 Å². The van der Waals surface area contributed by atoms with Gasteiger partial charge >= 0.3 is 0 Å². The van der Waals surface area contributed by atoms with E-state index < -0.39 is 0 Å². The number of hydrogen-bond donors (Lipinski definition) is 1. The molecule has 0 radical (unpaired) electrons. The fourth-order valence-electron chi connectivity index (χ4n) is 2.66. The normalized spacial score (nSPS) is 17.0. The maximum atomic E-state index is 5.80. The second-order valence-corrected chi connectivity index (χ2v) is 6.61. The molecule has 21 heavy (non-hydrogen) atoms. The summed E-state index contributed by atoms with van der Waals surface area (Å²) in [6.07, 6.45) is 1.26. The third-order valence-corrected chi connectivity index (χ3v) is 4.16. The van der Waals surface area contributed by atoms with Crippen molar-refractivity contribution >= 4 is 5.69 Å². The van der Waals surface area contributed by atoms with Gasteiger partial charge in [-0.1, -0.05) is 26.0 Å². The Kier molecular flexibility index (Phi) is 6.03. The van der Waals surface area contributed by atoms with Gasteiger partial charge in [-0.25, -0.2) is 5.01 Å². The van der Waals surface area contributed by atoms with Crippen LogP contribution >= 0.6 is 0 Å². The molecule has 1 fully saturated rings. The molecule has 0 unspecified atom stereocenters. The Labute approximate surface area is 129 Å². The van der Waals surface area contributed by atoms with E-state index in [2.05, 4.69) is 55.0 Å². The highest BCUT2D eigenvalue weighted by atomic mass is 15.4. The molecule has 0 saturated carbocycles. The molecule has 4 heteroatoms. The zero-order valence-corrected chi connectivity index (χ0v) is 13.8. The molecule has 0 aromatic heterocycles. The van der Waals surface area contributed by atoms with E-state index in [0.717, 1.165) is 45.2 Å². The summed E-state index contributed by atoms with van der Waals surface area (Å²) in [6, 6.07) is 9.02. The monoisotopic (exact) mass is 290 g/mol. The minimum atomic E-state index is 0.774. The van der Waals surface area contributed by atoms with Gasteiger partial charge in [0.2, 0.25) is 0 Å². The van der Waals surface area contributed by atoms with Crippen molar-refractivity contribution in [3.05, 3.63) is 29.8 Å². The minimum absolute atomic E-state index is 0.774. The van der Waals surface area contributed by atoms with Crippen LogP contribution in [-0.2, 0) is 6.54 Å². The van der Waals surface area contributed by atoms with E-state index in [1.54, 1.807) is 0 Å². The molecule has 1 aliphatic rings. The van der Waals surface area contributed by atoms with Gasteiger partial charge in [-0.15, -0.1) is 0 Å². The van der Waals surface area contributed by atoms with E-state index in [0.29, 0.717) is 0 Å². The number of rotatable bonds is 6. The van der Waals surface area contributed by atoms with Crippen LogP contribution in [0, 0.1) is 5.92 Å². The molecule has 1 aromatic rings. The van der Waals surface area contributed by atoms with Crippen molar-refractivity contribution in [1.82, 2.24) is 9.91 Å². The molecule has 4 nitrogen and oxygen atoms in total. The predicted octanol–water partition coefficient (Wildman–Crippen LogP) is 2.16. The van der Waals surface area contributed by atoms with Gasteiger partial charge in [0, 0.05) is 38.4 Å². The first kappa shape index (κ1) is 16.3. The predicted molar refractivity (Wildman–Crippen MR) is 90.2 cm³/mol. The summed E-state index contributed by atoms with van der Waals surface area (Å²) in [5.74, 6) is 6.58.